The molecule has 1 aliphatic rings. The molecule has 3 rings (SSSR count). The van der Waals surface area contributed by atoms with Gasteiger partial charge in [-0.05, 0) is 18.9 Å². The van der Waals surface area contributed by atoms with Crippen LogP contribution in [0.4, 0.5) is 0 Å². The van der Waals surface area contributed by atoms with Gasteiger partial charge in [-0.1, -0.05) is 29.8 Å². The van der Waals surface area contributed by atoms with Gasteiger partial charge in [0.05, 0.1) is 19.3 Å². The molecule has 1 N–H and O–H groups in total. The molecule has 1 aromatic carbocycles. The molecule has 1 saturated heterocycles. The van der Waals surface area contributed by atoms with Crippen LogP contribution in [0.3, 0.4) is 0 Å². The Labute approximate surface area is 149 Å². The van der Waals surface area contributed by atoms with Gasteiger partial charge < -0.3 is 15.0 Å². The van der Waals surface area contributed by atoms with Crippen molar-refractivity contribution in [2.24, 2.45) is 12.0 Å². The Bertz CT molecular complexity index is 707. The monoisotopic (exact) mass is 341 g/mol. The van der Waals surface area contributed by atoms with Gasteiger partial charge in [-0.15, -0.1) is 0 Å². The highest BCUT2D eigenvalue weighted by Gasteiger charge is 2.24. The number of guanidine groups is 1. The minimum atomic E-state index is 0.0399. The van der Waals surface area contributed by atoms with Crippen LogP contribution in [0.1, 0.15) is 22.8 Å². The maximum atomic E-state index is 5.91. The van der Waals surface area contributed by atoms with E-state index in [1.807, 2.05) is 31.2 Å². The van der Waals surface area contributed by atoms with E-state index in [4.69, 9.17) is 4.74 Å². The van der Waals surface area contributed by atoms with Gasteiger partial charge >= 0.3 is 0 Å². The quantitative estimate of drug-likeness (QED) is 0.682. The normalized spacial score (nSPS) is 18.4. The molecule has 0 saturated carbocycles. The lowest BCUT2D eigenvalue weighted by Gasteiger charge is -2.34. The number of hydrogen-bond acceptors (Lipinski definition) is 3. The van der Waals surface area contributed by atoms with Gasteiger partial charge in [-0.3, -0.25) is 9.67 Å². The van der Waals surface area contributed by atoms with E-state index in [9.17, 15) is 0 Å². The average molecular weight is 341 g/mol. The first kappa shape index (κ1) is 17.5. The molecular formula is C19H27N5O. The smallest absolute Gasteiger partial charge is 0.193 e. The molecular weight excluding hydrogens is 314 g/mol. The number of rotatable bonds is 4. The number of aromatic nitrogens is 2. The van der Waals surface area contributed by atoms with E-state index in [0.717, 1.165) is 37.6 Å². The lowest BCUT2D eigenvalue weighted by atomic mass is 10.1. The van der Waals surface area contributed by atoms with E-state index in [-0.39, 0.29) is 6.10 Å². The van der Waals surface area contributed by atoms with Crippen LogP contribution in [0, 0.1) is 6.92 Å². The largest absolute Gasteiger partial charge is 0.370 e. The number of aryl methyl sites for hydroxylation is 2. The Balaban J connectivity index is 1.54. The van der Waals surface area contributed by atoms with Crippen molar-refractivity contribution >= 4 is 5.96 Å². The fraction of sp³-hybridized carbons (Fsp3) is 0.474. The number of ether oxygens (including phenoxy) is 1. The minimum Gasteiger partial charge on any atom is -0.370 e. The summed E-state index contributed by atoms with van der Waals surface area (Å²) in [6, 6.07) is 8.69. The molecule has 1 aromatic heterocycles. The van der Waals surface area contributed by atoms with Crippen molar-refractivity contribution in [3.05, 3.63) is 53.3 Å². The third-order valence-corrected chi connectivity index (χ3v) is 4.49. The van der Waals surface area contributed by atoms with Crippen LogP contribution in [0.2, 0.25) is 0 Å². The first-order valence-electron chi connectivity index (χ1n) is 8.77. The summed E-state index contributed by atoms with van der Waals surface area (Å²) in [6.07, 6.45) is 4.91. The third kappa shape index (κ3) is 4.60. The zero-order valence-electron chi connectivity index (χ0n) is 15.3. The molecule has 6 nitrogen and oxygen atoms in total. The summed E-state index contributed by atoms with van der Waals surface area (Å²) in [5.74, 6) is 0.935. The number of benzene rings is 1. The Morgan fingerprint density at radius 2 is 2.16 bits per heavy atom. The highest BCUT2D eigenvalue weighted by atomic mass is 16.5. The molecule has 1 unspecified atom stereocenters. The van der Waals surface area contributed by atoms with E-state index in [1.54, 1.807) is 0 Å². The van der Waals surface area contributed by atoms with Gasteiger partial charge in [-0.2, -0.15) is 5.10 Å². The summed E-state index contributed by atoms with van der Waals surface area (Å²) in [7, 11) is 3.76. The molecule has 0 radical (unpaired) electrons. The second kappa shape index (κ2) is 8.16. The Morgan fingerprint density at radius 3 is 2.84 bits per heavy atom. The van der Waals surface area contributed by atoms with Crippen molar-refractivity contribution in [2.45, 2.75) is 19.4 Å². The van der Waals surface area contributed by atoms with Crippen molar-refractivity contribution < 1.29 is 4.74 Å². The summed E-state index contributed by atoms with van der Waals surface area (Å²) >= 11 is 0. The average Bonchev–Trinajstić information content (AvgIpc) is 3.07. The molecule has 25 heavy (non-hydrogen) atoms. The third-order valence-electron chi connectivity index (χ3n) is 4.49. The van der Waals surface area contributed by atoms with Crippen LogP contribution in [0.25, 0.3) is 0 Å². The van der Waals surface area contributed by atoms with Crippen LogP contribution < -0.4 is 5.32 Å². The molecule has 134 valence electrons. The van der Waals surface area contributed by atoms with Crippen molar-refractivity contribution in [1.82, 2.24) is 20.0 Å². The van der Waals surface area contributed by atoms with E-state index < -0.39 is 0 Å². The molecule has 6 heteroatoms. The maximum absolute atomic E-state index is 5.91. The molecule has 1 atom stereocenters. The van der Waals surface area contributed by atoms with Crippen LogP contribution in [-0.2, 0) is 18.2 Å². The molecule has 2 aromatic rings. The van der Waals surface area contributed by atoms with E-state index >= 15 is 0 Å². The molecule has 0 amide bonds. The summed E-state index contributed by atoms with van der Waals surface area (Å²) in [5.41, 5.74) is 3.74. The first-order valence-corrected chi connectivity index (χ1v) is 8.77. The van der Waals surface area contributed by atoms with Crippen LogP contribution in [0.5, 0.6) is 0 Å². The maximum Gasteiger partial charge on any atom is 0.193 e. The molecule has 1 fully saturated rings. The second-order valence-electron chi connectivity index (χ2n) is 6.46. The van der Waals surface area contributed by atoms with Gasteiger partial charge in [-0.25, -0.2) is 0 Å². The zero-order chi connectivity index (χ0) is 17.6. The van der Waals surface area contributed by atoms with Gasteiger partial charge in [0.1, 0.15) is 6.10 Å². The summed E-state index contributed by atoms with van der Waals surface area (Å²) in [5, 5.41) is 7.72. The van der Waals surface area contributed by atoms with E-state index in [2.05, 4.69) is 51.5 Å². The number of morpholine rings is 1. The summed E-state index contributed by atoms with van der Waals surface area (Å²) in [6.45, 7) is 5.31. The van der Waals surface area contributed by atoms with Crippen molar-refractivity contribution in [2.75, 3.05) is 33.3 Å². The first-order chi connectivity index (χ1) is 12.2. The minimum absolute atomic E-state index is 0.0399. The van der Waals surface area contributed by atoms with Crippen molar-refractivity contribution in [3.8, 4) is 0 Å². The Morgan fingerprint density at radius 1 is 1.36 bits per heavy atom. The number of nitrogens with one attached hydrogen (secondary N) is 1. The Hall–Kier alpha value is -2.34. The van der Waals surface area contributed by atoms with Crippen LogP contribution >= 0.6 is 0 Å². The van der Waals surface area contributed by atoms with Crippen molar-refractivity contribution in [1.29, 1.82) is 0 Å². The van der Waals surface area contributed by atoms with Gasteiger partial charge in [0, 0.05) is 38.9 Å². The Kier molecular flexibility index (Phi) is 5.71. The van der Waals surface area contributed by atoms with Crippen LogP contribution in [-0.4, -0.2) is 53.9 Å². The fourth-order valence-electron chi connectivity index (χ4n) is 3.06. The SMILES string of the molecule is CN=C(NCCc1ccc(C)cc1)N1CCOC(c2cnn(C)c2)C1. The highest BCUT2D eigenvalue weighted by Crippen LogP contribution is 2.21. The molecule has 0 aliphatic carbocycles. The topological polar surface area (TPSA) is 54.7 Å². The molecule has 0 bridgehead atoms. The van der Waals surface area contributed by atoms with Gasteiger partial charge in [0.2, 0.25) is 0 Å². The predicted molar refractivity (Wildman–Crippen MR) is 99.7 cm³/mol. The van der Waals surface area contributed by atoms with E-state index in [0.29, 0.717) is 6.61 Å². The molecule has 1 aliphatic heterocycles. The molecule has 2 heterocycles. The lowest BCUT2D eigenvalue weighted by Crippen LogP contribution is -2.48. The standard InChI is InChI=1S/C19H27N5O/c1-15-4-6-16(7-5-15)8-9-21-19(20-2)24-10-11-25-18(14-24)17-12-22-23(3)13-17/h4-7,12-13,18H,8-11,14H2,1-3H3,(H,20,21). The lowest BCUT2D eigenvalue weighted by molar-refractivity contribution is -0.00800. The predicted octanol–water partition coefficient (Wildman–Crippen LogP) is 1.92. The number of hydrogen-bond donors (Lipinski definition) is 1. The second-order valence-corrected chi connectivity index (χ2v) is 6.46. The number of aliphatic imine (C=N–C) groups is 1. The van der Waals surface area contributed by atoms with E-state index in [1.165, 1.54) is 11.1 Å². The van der Waals surface area contributed by atoms with Gasteiger partial charge in [0.15, 0.2) is 5.96 Å². The molecule has 0 spiro atoms. The van der Waals surface area contributed by atoms with Crippen molar-refractivity contribution in [3.63, 3.8) is 0 Å². The highest BCUT2D eigenvalue weighted by molar-refractivity contribution is 5.80. The van der Waals surface area contributed by atoms with Gasteiger partial charge in [0.25, 0.3) is 0 Å². The summed E-state index contributed by atoms with van der Waals surface area (Å²) in [4.78, 5) is 6.71. The zero-order valence-corrected chi connectivity index (χ0v) is 15.3. The van der Waals surface area contributed by atoms with Crippen LogP contribution in [0.15, 0.2) is 41.7 Å². The number of nitrogens with zero attached hydrogens (tertiary/aromatic N) is 4. The fourth-order valence-corrected chi connectivity index (χ4v) is 3.06. The summed E-state index contributed by atoms with van der Waals surface area (Å²) < 4.78 is 7.72.